The molecule has 0 spiro atoms. The highest BCUT2D eigenvalue weighted by atomic mass is 32.2. The topological polar surface area (TPSA) is 64.6 Å². The maximum atomic E-state index is 11.6. The van der Waals surface area contributed by atoms with Crippen LogP contribution >= 0.6 is 0 Å². The van der Waals surface area contributed by atoms with Gasteiger partial charge in [-0.05, 0) is 30.2 Å². The average Bonchev–Trinajstić information content (AvgIpc) is 2.58. The van der Waals surface area contributed by atoms with E-state index in [-0.39, 0.29) is 6.04 Å². The van der Waals surface area contributed by atoms with Crippen LogP contribution in [0.2, 0.25) is 0 Å². The standard InChI is InChI=1S/C18H23NO4S/c1-14(19-13-15-7-5-4-6-8-15)18(23-24(3,20)21)16-9-11-17(22-2)12-10-16/h4-12,14,18-19H,13H2,1-3H3/t14-,18?/m1/s1. The number of rotatable bonds is 8. The van der Waals surface area contributed by atoms with E-state index in [0.717, 1.165) is 17.4 Å². The lowest BCUT2D eigenvalue weighted by Crippen LogP contribution is -2.34. The fourth-order valence-corrected chi connectivity index (χ4v) is 3.05. The molecule has 0 fully saturated rings. The van der Waals surface area contributed by atoms with Crippen LogP contribution in [-0.4, -0.2) is 27.8 Å². The van der Waals surface area contributed by atoms with Gasteiger partial charge >= 0.3 is 0 Å². The third-order valence-corrected chi connectivity index (χ3v) is 4.20. The molecule has 0 aliphatic heterocycles. The predicted molar refractivity (Wildman–Crippen MR) is 94.4 cm³/mol. The van der Waals surface area contributed by atoms with Gasteiger partial charge in [0.05, 0.1) is 13.4 Å². The maximum Gasteiger partial charge on any atom is 0.265 e. The summed E-state index contributed by atoms with van der Waals surface area (Å²) >= 11 is 0. The molecule has 2 aromatic carbocycles. The first kappa shape index (κ1) is 18.4. The number of nitrogens with one attached hydrogen (secondary N) is 1. The molecule has 130 valence electrons. The smallest absolute Gasteiger partial charge is 0.265 e. The van der Waals surface area contributed by atoms with E-state index in [4.69, 9.17) is 8.92 Å². The molecule has 0 amide bonds. The van der Waals surface area contributed by atoms with Gasteiger partial charge in [0.15, 0.2) is 0 Å². The van der Waals surface area contributed by atoms with Crippen molar-refractivity contribution >= 4 is 10.1 Å². The number of hydrogen-bond donors (Lipinski definition) is 1. The van der Waals surface area contributed by atoms with Crippen molar-refractivity contribution in [3.63, 3.8) is 0 Å². The Balaban J connectivity index is 2.14. The second-order valence-electron chi connectivity index (χ2n) is 5.65. The van der Waals surface area contributed by atoms with Crippen LogP contribution in [0.5, 0.6) is 5.75 Å². The minimum Gasteiger partial charge on any atom is -0.497 e. The van der Waals surface area contributed by atoms with Gasteiger partial charge in [-0.15, -0.1) is 0 Å². The summed E-state index contributed by atoms with van der Waals surface area (Å²) in [5.41, 5.74) is 1.89. The van der Waals surface area contributed by atoms with Gasteiger partial charge in [0.25, 0.3) is 10.1 Å². The van der Waals surface area contributed by atoms with Crippen LogP contribution in [0.3, 0.4) is 0 Å². The van der Waals surface area contributed by atoms with E-state index in [1.807, 2.05) is 49.4 Å². The Morgan fingerprint density at radius 3 is 2.21 bits per heavy atom. The van der Waals surface area contributed by atoms with Crippen LogP contribution in [0, 0.1) is 0 Å². The second-order valence-corrected chi connectivity index (χ2v) is 7.25. The van der Waals surface area contributed by atoms with Crippen LogP contribution in [-0.2, 0) is 20.8 Å². The van der Waals surface area contributed by atoms with Gasteiger partial charge in [-0.3, -0.25) is 4.18 Å². The SMILES string of the molecule is COc1ccc(C(OS(C)(=O)=O)[C@@H](C)NCc2ccccc2)cc1. The fourth-order valence-electron chi connectivity index (χ4n) is 2.39. The van der Waals surface area contributed by atoms with Crippen LogP contribution in [0.25, 0.3) is 0 Å². The molecule has 0 heterocycles. The minimum absolute atomic E-state index is 0.201. The molecule has 1 N–H and O–H groups in total. The summed E-state index contributed by atoms with van der Waals surface area (Å²) in [6.45, 7) is 2.53. The number of benzene rings is 2. The van der Waals surface area contributed by atoms with Crippen LogP contribution in [0.1, 0.15) is 24.2 Å². The van der Waals surface area contributed by atoms with Crippen molar-refractivity contribution in [2.75, 3.05) is 13.4 Å². The van der Waals surface area contributed by atoms with E-state index in [2.05, 4.69) is 5.32 Å². The van der Waals surface area contributed by atoms with Gasteiger partial charge in [-0.25, -0.2) is 0 Å². The molecule has 5 nitrogen and oxygen atoms in total. The second kappa shape index (κ2) is 8.28. The first-order valence-electron chi connectivity index (χ1n) is 7.68. The highest BCUT2D eigenvalue weighted by molar-refractivity contribution is 7.86. The molecule has 0 saturated carbocycles. The first-order chi connectivity index (χ1) is 11.4. The van der Waals surface area contributed by atoms with Crippen molar-refractivity contribution in [3.05, 3.63) is 65.7 Å². The molecule has 0 saturated heterocycles. The summed E-state index contributed by atoms with van der Waals surface area (Å²) in [6.07, 6.45) is 0.447. The van der Waals surface area contributed by atoms with Gasteiger partial charge in [0, 0.05) is 12.6 Å². The fraction of sp³-hybridized carbons (Fsp3) is 0.333. The normalized spacial score (nSPS) is 14.1. The van der Waals surface area contributed by atoms with E-state index in [0.29, 0.717) is 12.3 Å². The first-order valence-corrected chi connectivity index (χ1v) is 9.50. The Morgan fingerprint density at radius 2 is 1.67 bits per heavy atom. The van der Waals surface area contributed by atoms with Crippen molar-refractivity contribution in [1.29, 1.82) is 0 Å². The Kier molecular flexibility index (Phi) is 6.36. The highest BCUT2D eigenvalue weighted by Crippen LogP contribution is 2.25. The largest absolute Gasteiger partial charge is 0.497 e. The van der Waals surface area contributed by atoms with Crippen molar-refractivity contribution in [1.82, 2.24) is 5.32 Å². The van der Waals surface area contributed by atoms with Gasteiger partial charge in [-0.1, -0.05) is 42.5 Å². The van der Waals surface area contributed by atoms with E-state index >= 15 is 0 Å². The highest BCUT2D eigenvalue weighted by Gasteiger charge is 2.24. The zero-order chi connectivity index (χ0) is 17.6. The number of methoxy groups -OCH3 is 1. The summed E-state index contributed by atoms with van der Waals surface area (Å²) in [6, 6.07) is 16.9. The van der Waals surface area contributed by atoms with Crippen molar-refractivity contribution in [2.45, 2.75) is 25.6 Å². The third kappa shape index (κ3) is 5.63. The van der Waals surface area contributed by atoms with Crippen molar-refractivity contribution < 1.29 is 17.3 Å². The third-order valence-electron chi connectivity index (χ3n) is 3.65. The number of hydrogen-bond acceptors (Lipinski definition) is 5. The molecule has 2 aromatic rings. The zero-order valence-corrected chi connectivity index (χ0v) is 14.9. The molecule has 0 aliphatic rings. The molecular weight excluding hydrogens is 326 g/mol. The quantitative estimate of drug-likeness (QED) is 0.743. The summed E-state index contributed by atoms with van der Waals surface area (Å²) in [5.74, 6) is 0.710. The van der Waals surface area contributed by atoms with Gasteiger partial charge < -0.3 is 10.1 Å². The summed E-state index contributed by atoms with van der Waals surface area (Å²) in [5, 5.41) is 3.33. The zero-order valence-electron chi connectivity index (χ0n) is 14.1. The Morgan fingerprint density at radius 1 is 1.04 bits per heavy atom. The van der Waals surface area contributed by atoms with Crippen LogP contribution in [0.4, 0.5) is 0 Å². The summed E-state index contributed by atoms with van der Waals surface area (Å²) in [4.78, 5) is 0. The monoisotopic (exact) mass is 349 g/mol. The molecule has 2 rings (SSSR count). The molecule has 0 aliphatic carbocycles. The Bertz CT molecular complexity index is 729. The molecule has 0 bridgehead atoms. The lowest BCUT2D eigenvalue weighted by Gasteiger charge is -2.25. The van der Waals surface area contributed by atoms with Gasteiger partial charge in [0.1, 0.15) is 11.9 Å². The lowest BCUT2D eigenvalue weighted by atomic mass is 10.0. The average molecular weight is 349 g/mol. The molecule has 0 radical (unpaired) electrons. The van der Waals surface area contributed by atoms with E-state index in [1.165, 1.54) is 0 Å². The van der Waals surface area contributed by atoms with E-state index in [1.54, 1.807) is 19.2 Å². The lowest BCUT2D eigenvalue weighted by molar-refractivity contribution is 0.170. The Labute approximate surface area is 143 Å². The van der Waals surface area contributed by atoms with Crippen molar-refractivity contribution in [3.8, 4) is 5.75 Å². The molecule has 24 heavy (non-hydrogen) atoms. The van der Waals surface area contributed by atoms with Crippen molar-refractivity contribution in [2.24, 2.45) is 0 Å². The van der Waals surface area contributed by atoms with E-state index < -0.39 is 16.2 Å². The maximum absolute atomic E-state index is 11.6. The summed E-state index contributed by atoms with van der Waals surface area (Å²) < 4.78 is 33.7. The molecular formula is C18H23NO4S. The van der Waals surface area contributed by atoms with Crippen LogP contribution < -0.4 is 10.1 Å². The van der Waals surface area contributed by atoms with Crippen LogP contribution in [0.15, 0.2) is 54.6 Å². The number of ether oxygens (including phenoxy) is 1. The Hall–Kier alpha value is -1.89. The molecule has 0 aromatic heterocycles. The predicted octanol–water partition coefficient (Wildman–Crippen LogP) is 2.89. The molecule has 6 heteroatoms. The van der Waals surface area contributed by atoms with Gasteiger partial charge in [0.2, 0.25) is 0 Å². The molecule has 1 unspecified atom stereocenters. The minimum atomic E-state index is -3.59. The van der Waals surface area contributed by atoms with E-state index in [9.17, 15) is 8.42 Å². The summed E-state index contributed by atoms with van der Waals surface area (Å²) in [7, 11) is -2.00. The molecule has 2 atom stereocenters. The van der Waals surface area contributed by atoms with Gasteiger partial charge in [-0.2, -0.15) is 8.42 Å².